The number of rotatable bonds is 5. The lowest BCUT2D eigenvalue weighted by atomic mass is 10.2. The molecule has 5 fully saturated rings. The van der Waals surface area contributed by atoms with Crippen LogP contribution in [0.5, 0.6) is 0 Å². The standard InChI is InChI=1S/C8H10N2O3.C8H10N2O2.C7H9IN2O.C5H10O.C4H8O2/c11-8(12)6-3-9-10(4-6)7-1-2-13-5-7;11-5-7-3-9-10(4-7)8-1-2-12-6-8;8-6-3-9-10(4-6)7-1-2-11-5-7;1-5-2-3-6-4-5;5-4-1-2-6-3-4/h3-4,7H,1-2,5H2,(H,11,12);3-5,8H,1-2,6H2;3-4,7H,1-2,5H2;5H,2-4H2,1H3;4-5H,1-3H2. The van der Waals surface area contributed by atoms with E-state index in [1.54, 1.807) is 28.0 Å². The maximum absolute atomic E-state index is 10.5. The van der Waals surface area contributed by atoms with E-state index < -0.39 is 5.97 Å². The zero-order valence-corrected chi connectivity index (χ0v) is 29.5. The molecule has 5 aliphatic heterocycles. The number of aliphatic hydroxyl groups is 1. The van der Waals surface area contributed by atoms with Crippen LogP contribution in [0.2, 0.25) is 0 Å². The minimum atomic E-state index is -0.940. The van der Waals surface area contributed by atoms with E-state index in [2.05, 4.69) is 51.0 Å². The van der Waals surface area contributed by atoms with Crippen molar-refractivity contribution in [3.8, 4) is 0 Å². The van der Waals surface area contributed by atoms with Crippen molar-refractivity contribution in [2.45, 2.75) is 63.3 Å². The normalized spacial score (nSPS) is 25.9. The summed E-state index contributed by atoms with van der Waals surface area (Å²) in [7, 11) is 0. The summed E-state index contributed by atoms with van der Waals surface area (Å²) in [6, 6.07) is 0.991. The van der Waals surface area contributed by atoms with Gasteiger partial charge in [-0.15, -0.1) is 0 Å². The second kappa shape index (κ2) is 20.7. The fraction of sp³-hybridized carbons (Fsp3) is 0.656. The average molecular weight is 787 g/mol. The van der Waals surface area contributed by atoms with Crippen LogP contribution in [0.1, 0.15) is 77.9 Å². The Labute approximate surface area is 293 Å². The summed E-state index contributed by atoms with van der Waals surface area (Å²) in [6.07, 6.45) is 15.9. The van der Waals surface area contributed by atoms with Crippen molar-refractivity contribution in [3.05, 3.63) is 51.9 Å². The Hall–Kier alpha value is -2.74. The van der Waals surface area contributed by atoms with Crippen LogP contribution < -0.4 is 0 Å². The maximum atomic E-state index is 10.5. The van der Waals surface area contributed by atoms with E-state index in [0.29, 0.717) is 37.5 Å². The third-order valence-electron chi connectivity index (χ3n) is 8.08. The summed E-state index contributed by atoms with van der Waals surface area (Å²) in [6.45, 7) is 10.0. The molecular weight excluding hydrogens is 739 g/mol. The van der Waals surface area contributed by atoms with Crippen LogP contribution in [-0.4, -0.2) is 124 Å². The quantitative estimate of drug-likeness (QED) is 0.285. The lowest BCUT2D eigenvalue weighted by Gasteiger charge is -2.06. The van der Waals surface area contributed by atoms with Gasteiger partial charge in [0, 0.05) is 58.2 Å². The number of hydrogen-bond donors (Lipinski definition) is 2. The van der Waals surface area contributed by atoms with Gasteiger partial charge >= 0.3 is 5.97 Å². The van der Waals surface area contributed by atoms with Gasteiger partial charge in [0.1, 0.15) is 0 Å². The largest absolute Gasteiger partial charge is 0.478 e. The molecule has 2 N–H and O–H groups in total. The topological polar surface area (TPSA) is 174 Å². The van der Waals surface area contributed by atoms with Gasteiger partial charge in [0.25, 0.3) is 0 Å². The number of aliphatic hydroxyl groups excluding tert-OH is 1. The summed E-state index contributed by atoms with van der Waals surface area (Å²) in [4.78, 5) is 20.9. The van der Waals surface area contributed by atoms with Crippen LogP contribution in [0, 0.1) is 9.49 Å². The lowest BCUT2D eigenvalue weighted by Crippen LogP contribution is -2.08. The van der Waals surface area contributed by atoms with E-state index in [-0.39, 0.29) is 17.7 Å². The SMILES string of the molecule is CC1CCOC1.Ic1cnn(C2CCOC2)c1.O=C(O)c1cnn(C2CCOC2)c1.O=Cc1cnn(C2CCOC2)c1.OC1CCOC1. The van der Waals surface area contributed by atoms with E-state index in [9.17, 15) is 9.59 Å². The molecule has 0 saturated carbocycles. The van der Waals surface area contributed by atoms with E-state index in [0.717, 1.165) is 84.1 Å². The number of carboxylic acid groups (broad SMARTS) is 1. The first-order chi connectivity index (χ1) is 23.3. The molecule has 8 rings (SSSR count). The molecule has 0 aromatic carbocycles. The van der Waals surface area contributed by atoms with Crippen LogP contribution in [0.4, 0.5) is 0 Å². The number of ether oxygens (including phenoxy) is 5. The van der Waals surface area contributed by atoms with Crippen molar-refractivity contribution in [2.75, 3.05) is 66.1 Å². The molecule has 48 heavy (non-hydrogen) atoms. The summed E-state index contributed by atoms with van der Waals surface area (Å²) in [5.41, 5.74) is 0.855. The van der Waals surface area contributed by atoms with Crippen molar-refractivity contribution in [3.63, 3.8) is 0 Å². The highest BCUT2D eigenvalue weighted by molar-refractivity contribution is 14.1. The van der Waals surface area contributed by atoms with E-state index in [1.165, 1.54) is 16.2 Å². The maximum Gasteiger partial charge on any atom is 0.338 e. The third kappa shape index (κ3) is 12.9. The third-order valence-corrected chi connectivity index (χ3v) is 8.64. The van der Waals surface area contributed by atoms with Gasteiger partial charge in [0.15, 0.2) is 6.29 Å². The van der Waals surface area contributed by atoms with E-state index in [1.807, 2.05) is 10.9 Å². The number of aldehydes is 1. The predicted molar refractivity (Wildman–Crippen MR) is 181 cm³/mol. The van der Waals surface area contributed by atoms with Gasteiger partial charge in [0.05, 0.1) is 83.9 Å². The van der Waals surface area contributed by atoms with Crippen molar-refractivity contribution < 1.29 is 43.5 Å². The summed E-state index contributed by atoms with van der Waals surface area (Å²) in [5, 5.41) is 29.5. The van der Waals surface area contributed by atoms with E-state index >= 15 is 0 Å². The van der Waals surface area contributed by atoms with Gasteiger partial charge in [-0.3, -0.25) is 18.8 Å². The van der Waals surface area contributed by atoms with Crippen LogP contribution in [-0.2, 0) is 23.7 Å². The van der Waals surface area contributed by atoms with Crippen LogP contribution in [0.15, 0.2) is 37.2 Å². The second-order valence-electron chi connectivity index (χ2n) is 12.1. The Bertz CT molecular complexity index is 1320. The first-order valence-electron chi connectivity index (χ1n) is 16.4. The predicted octanol–water partition coefficient (Wildman–Crippen LogP) is 3.46. The molecule has 0 radical (unpaired) electrons. The van der Waals surface area contributed by atoms with Gasteiger partial charge in [0.2, 0.25) is 0 Å². The highest BCUT2D eigenvalue weighted by atomic mass is 127. The smallest absolute Gasteiger partial charge is 0.338 e. The van der Waals surface area contributed by atoms with Gasteiger partial charge < -0.3 is 33.9 Å². The fourth-order valence-corrected chi connectivity index (χ4v) is 5.55. The van der Waals surface area contributed by atoms with E-state index in [4.69, 9.17) is 33.9 Å². The number of carbonyl (C=O) groups is 2. The lowest BCUT2D eigenvalue weighted by molar-refractivity contribution is 0.0696. The number of halogens is 1. The highest BCUT2D eigenvalue weighted by Gasteiger charge is 2.20. The molecule has 16 heteroatoms. The molecule has 5 atom stereocenters. The van der Waals surface area contributed by atoms with Crippen LogP contribution >= 0.6 is 22.6 Å². The Morgan fingerprint density at radius 3 is 1.56 bits per heavy atom. The first-order valence-corrected chi connectivity index (χ1v) is 17.4. The molecule has 0 aliphatic carbocycles. The molecule has 0 bridgehead atoms. The molecule has 8 heterocycles. The molecule has 3 aromatic heterocycles. The summed E-state index contributed by atoms with van der Waals surface area (Å²) in [5.74, 6) is -0.116. The molecular formula is C32H47IN6O9. The number of aromatic nitrogens is 6. The minimum Gasteiger partial charge on any atom is -0.478 e. The number of carbonyl (C=O) groups excluding carboxylic acids is 1. The van der Waals surface area contributed by atoms with Gasteiger partial charge in [-0.1, -0.05) is 6.92 Å². The van der Waals surface area contributed by atoms with Gasteiger partial charge in [-0.2, -0.15) is 15.3 Å². The van der Waals surface area contributed by atoms with Crippen molar-refractivity contribution >= 4 is 34.8 Å². The average Bonchev–Trinajstić information content (AvgIpc) is 3.92. The molecule has 0 spiro atoms. The van der Waals surface area contributed by atoms with Crippen LogP contribution in [0.25, 0.3) is 0 Å². The number of nitrogens with zero attached hydrogens (tertiary/aromatic N) is 6. The van der Waals surface area contributed by atoms with Crippen LogP contribution in [0.3, 0.4) is 0 Å². The number of hydrogen-bond acceptors (Lipinski definition) is 11. The molecule has 15 nitrogen and oxygen atoms in total. The fourth-order valence-electron chi connectivity index (χ4n) is 5.14. The molecule has 266 valence electrons. The number of carboxylic acids is 1. The Balaban J connectivity index is 0.000000140. The second-order valence-corrected chi connectivity index (χ2v) is 13.3. The van der Waals surface area contributed by atoms with Gasteiger partial charge in [-0.25, -0.2) is 4.79 Å². The molecule has 5 aliphatic rings. The number of aromatic carboxylic acids is 1. The molecule has 5 saturated heterocycles. The summed E-state index contributed by atoms with van der Waals surface area (Å²) >= 11 is 2.26. The van der Waals surface area contributed by atoms with Crippen molar-refractivity contribution in [2.24, 2.45) is 5.92 Å². The molecule has 0 amide bonds. The zero-order valence-electron chi connectivity index (χ0n) is 27.3. The Morgan fingerprint density at radius 1 is 0.729 bits per heavy atom. The van der Waals surface area contributed by atoms with Crippen molar-refractivity contribution in [1.29, 1.82) is 0 Å². The highest BCUT2D eigenvalue weighted by Crippen LogP contribution is 2.20. The molecule has 5 unspecified atom stereocenters. The van der Waals surface area contributed by atoms with Crippen molar-refractivity contribution in [1.82, 2.24) is 29.3 Å². The Kier molecular flexibility index (Phi) is 16.4. The Morgan fingerprint density at radius 2 is 1.23 bits per heavy atom. The minimum absolute atomic E-state index is 0.176. The van der Waals surface area contributed by atoms with Gasteiger partial charge in [-0.05, 0) is 60.6 Å². The first kappa shape index (κ1) is 38.1. The monoisotopic (exact) mass is 786 g/mol. The molecule has 3 aromatic rings. The zero-order chi connectivity index (χ0) is 34.1. The summed E-state index contributed by atoms with van der Waals surface area (Å²) < 4.78 is 32.1.